The maximum atomic E-state index is 12.0. The van der Waals surface area contributed by atoms with Gasteiger partial charge >= 0.3 is 5.69 Å². The Labute approximate surface area is 151 Å². The van der Waals surface area contributed by atoms with Crippen molar-refractivity contribution in [1.82, 2.24) is 5.43 Å². The van der Waals surface area contributed by atoms with Gasteiger partial charge in [-0.05, 0) is 37.3 Å². The van der Waals surface area contributed by atoms with Crippen molar-refractivity contribution in [3.05, 3.63) is 62.1 Å². The lowest BCUT2D eigenvalue weighted by atomic mass is 10.2. The summed E-state index contributed by atoms with van der Waals surface area (Å²) in [5.74, 6) is -0.357. The molecule has 0 aliphatic carbocycles. The predicted molar refractivity (Wildman–Crippen MR) is 95.1 cm³/mol. The van der Waals surface area contributed by atoms with Crippen molar-refractivity contribution in [2.45, 2.75) is 6.92 Å². The number of ether oxygens (including phenoxy) is 1. The minimum atomic E-state index is -0.712. The number of rotatable bonds is 6. The highest BCUT2D eigenvalue weighted by atomic mass is 79.9. The summed E-state index contributed by atoms with van der Waals surface area (Å²) >= 11 is 3.12. The summed E-state index contributed by atoms with van der Waals surface area (Å²) in [7, 11) is 0. The molecular weight excluding hydrogens is 394 g/mol. The lowest BCUT2D eigenvalue weighted by Gasteiger charge is -2.04. The number of nitrogens with one attached hydrogen (secondary N) is 1. The van der Waals surface area contributed by atoms with E-state index < -0.39 is 22.3 Å². The van der Waals surface area contributed by atoms with Gasteiger partial charge in [0.05, 0.1) is 17.7 Å². The van der Waals surface area contributed by atoms with Gasteiger partial charge in [-0.3, -0.25) is 14.9 Å². The molecule has 1 amide bonds. The zero-order chi connectivity index (χ0) is 18.4. The topological polar surface area (TPSA) is 114 Å². The van der Waals surface area contributed by atoms with Gasteiger partial charge in [-0.2, -0.15) is 5.10 Å². The van der Waals surface area contributed by atoms with Crippen LogP contribution in [0, 0.1) is 10.1 Å². The summed E-state index contributed by atoms with van der Waals surface area (Å²) in [5.41, 5.74) is 2.28. The molecule has 0 radical (unpaired) electrons. The summed E-state index contributed by atoms with van der Waals surface area (Å²) in [6.45, 7) is 2.38. The molecular formula is C16H14BrN3O5. The van der Waals surface area contributed by atoms with E-state index in [0.717, 1.165) is 6.21 Å². The van der Waals surface area contributed by atoms with Crippen LogP contribution in [-0.2, 0) is 0 Å². The van der Waals surface area contributed by atoms with Gasteiger partial charge in [0.25, 0.3) is 5.91 Å². The van der Waals surface area contributed by atoms with Crippen LogP contribution >= 0.6 is 15.9 Å². The van der Waals surface area contributed by atoms with Crippen LogP contribution in [0.5, 0.6) is 11.5 Å². The molecule has 2 aromatic carbocycles. The number of phenols is 1. The van der Waals surface area contributed by atoms with Gasteiger partial charge in [0.2, 0.25) is 5.75 Å². The molecule has 0 spiro atoms. The smallest absolute Gasteiger partial charge is 0.312 e. The summed E-state index contributed by atoms with van der Waals surface area (Å²) < 4.78 is 5.69. The molecule has 0 fully saturated rings. The van der Waals surface area contributed by atoms with Crippen LogP contribution in [-0.4, -0.2) is 28.8 Å². The van der Waals surface area contributed by atoms with E-state index in [0.29, 0.717) is 22.4 Å². The molecule has 0 unspecified atom stereocenters. The first-order valence-electron chi connectivity index (χ1n) is 7.15. The van der Waals surface area contributed by atoms with Crippen molar-refractivity contribution in [2.24, 2.45) is 5.10 Å². The molecule has 2 aromatic rings. The Bertz CT molecular complexity index is 821. The van der Waals surface area contributed by atoms with Gasteiger partial charge < -0.3 is 9.84 Å². The summed E-state index contributed by atoms with van der Waals surface area (Å²) in [6.07, 6.45) is 1.12. The molecule has 0 aliphatic rings. The molecule has 2 N–H and O–H groups in total. The summed E-state index contributed by atoms with van der Waals surface area (Å²) in [4.78, 5) is 22.1. The number of nitro benzene ring substituents is 1. The fraction of sp³-hybridized carbons (Fsp3) is 0.125. The van der Waals surface area contributed by atoms with Crippen LogP contribution in [0.25, 0.3) is 0 Å². The molecule has 8 nitrogen and oxygen atoms in total. The van der Waals surface area contributed by atoms with E-state index in [2.05, 4.69) is 26.5 Å². The zero-order valence-corrected chi connectivity index (χ0v) is 14.7. The maximum Gasteiger partial charge on any atom is 0.312 e. The van der Waals surface area contributed by atoms with Crippen LogP contribution in [0.15, 0.2) is 46.0 Å². The van der Waals surface area contributed by atoms with Gasteiger partial charge in [0.15, 0.2) is 0 Å². The fourth-order valence-electron chi connectivity index (χ4n) is 1.94. The number of hydrazone groups is 1. The second-order valence-corrected chi connectivity index (χ2v) is 5.69. The van der Waals surface area contributed by atoms with Crippen molar-refractivity contribution < 1.29 is 19.6 Å². The second-order valence-electron chi connectivity index (χ2n) is 4.78. The largest absolute Gasteiger partial charge is 0.502 e. The van der Waals surface area contributed by atoms with Crippen molar-refractivity contribution >= 4 is 33.7 Å². The zero-order valence-electron chi connectivity index (χ0n) is 13.1. The number of phenolic OH excluding ortho intramolecular Hbond substituents is 1. The molecule has 25 heavy (non-hydrogen) atoms. The van der Waals surface area contributed by atoms with E-state index in [1.165, 1.54) is 12.1 Å². The fourth-order valence-corrected chi connectivity index (χ4v) is 2.40. The maximum absolute atomic E-state index is 12.0. The van der Waals surface area contributed by atoms with E-state index in [-0.39, 0.29) is 5.56 Å². The van der Waals surface area contributed by atoms with E-state index in [4.69, 9.17) is 4.74 Å². The standard InChI is InChI=1S/C16H14BrN3O5/c1-2-25-13-5-3-10(4-6-13)16(22)19-18-9-11-7-12(17)8-14(15(11)21)20(23)24/h3-9,21H,2H2,1H3,(H,19,22). The first kappa shape index (κ1) is 18.4. The van der Waals surface area contributed by atoms with Crippen molar-refractivity contribution in [2.75, 3.05) is 6.61 Å². The number of benzene rings is 2. The normalized spacial score (nSPS) is 10.6. The van der Waals surface area contributed by atoms with E-state index in [1.54, 1.807) is 24.3 Å². The van der Waals surface area contributed by atoms with Gasteiger partial charge in [-0.25, -0.2) is 5.43 Å². The van der Waals surface area contributed by atoms with Crippen LogP contribution in [0.1, 0.15) is 22.8 Å². The van der Waals surface area contributed by atoms with E-state index in [1.807, 2.05) is 6.92 Å². The molecule has 130 valence electrons. The van der Waals surface area contributed by atoms with Crippen molar-refractivity contribution in [3.8, 4) is 11.5 Å². The third-order valence-corrected chi connectivity index (χ3v) is 3.54. The highest BCUT2D eigenvalue weighted by molar-refractivity contribution is 9.10. The molecule has 0 heterocycles. The Hall–Kier alpha value is -2.94. The Morgan fingerprint density at radius 1 is 1.40 bits per heavy atom. The first-order chi connectivity index (χ1) is 11.9. The first-order valence-corrected chi connectivity index (χ1v) is 7.94. The van der Waals surface area contributed by atoms with Crippen LogP contribution < -0.4 is 10.2 Å². The molecule has 0 saturated carbocycles. The van der Waals surface area contributed by atoms with Gasteiger partial charge in [-0.1, -0.05) is 15.9 Å². The molecule has 9 heteroatoms. The van der Waals surface area contributed by atoms with Crippen molar-refractivity contribution in [3.63, 3.8) is 0 Å². The number of nitro groups is 1. The number of nitrogens with zero attached hydrogens (tertiary/aromatic N) is 2. The Balaban J connectivity index is 2.10. The molecule has 0 atom stereocenters. The number of hydrogen-bond acceptors (Lipinski definition) is 6. The van der Waals surface area contributed by atoms with Gasteiger partial charge in [0, 0.05) is 21.7 Å². The van der Waals surface area contributed by atoms with E-state index in [9.17, 15) is 20.0 Å². The molecule has 0 aliphatic heterocycles. The molecule has 2 rings (SSSR count). The average molecular weight is 408 g/mol. The Morgan fingerprint density at radius 3 is 2.68 bits per heavy atom. The Morgan fingerprint density at radius 2 is 2.08 bits per heavy atom. The van der Waals surface area contributed by atoms with Gasteiger partial charge in [-0.15, -0.1) is 0 Å². The highest BCUT2D eigenvalue weighted by Gasteiger charge is 2.17. The summed E-state index contributed by atoms with van der Waals surface area (Å²) in [5, 5.41) is 24.5. The van der Waals surface area contributed by atoms with Crippen LogP contribution in [0.4, 0.5) is 5.69 Å². The van der Waals surface area contributed by atoms with Crippen LogP contribution in [0.2, 0.25) is 0 Å². The van der Waals surface area contributed by atoms with E-state index >= 15 is 0 Å². The minimum Gasteiger partial charge on any atom is -0.502 e. The molecule has 0 aromatic heterocycles. The lowest BCUT2D eigenvalue weighted by Crippen LogP contribution is -2.17. The number of carbonyl (C=O) groups is 1. The molecule has 0 saturated heterocycles. The number of hydrogen-bond donors (Lipinski definition) is 2. The third kappa shape index (κ3) is 4.77. The second kappa shape index (κ2) is 8.25. The Kier molecular flexibility index (Phi) is 6.07. The lowest BCUT2D eigenvalue weighted by molar-refractivity contribution is -0.385. The van der Waals surface area contributed by atoms with Gasteiger partial charge in [0.1, 0.15) is 5.75 Å². The quantitative estimate of drug-likeness (QED) is 0.433. The predicted octanol–water partition coefficient (Wildman–Crippen LogP) is 3.23. The molecule has 0 bridgehead atoms. The minimum absolute atomic E-state index is 0.0908. The monoisotopic (exact) mass is 407 g/mol. The number of amides is 1. The number of aromatic hydroxyl groups is 1. The third-order valence-electron chi connectivity index (χ3n) is 3.08. The highest BCUT2D eigenvalue weighted by Crippen LogP contribution is 2.32. The SMILES string of the molecule is CCOc1ccc(C(=O)NN=Cc2cc(Br)cc([N+](=O)[O-])c2O)cc1. The number of carbonyl (C=O) groups excluding carboxylic acids is 1. The summed E-state index contributed by atoms with van der Waals surface area (Å²) in [6, 6.07) is 9.09. The van der Waals surface area contributed by atoms with Crippen molar-refractivity contribution in [1.29, 1.82) is 0 Å². The average Bonchev–Trinajstić information content (AvgIpc) is 2.58. The number of halogens is 1. The van der Waals surface area contributed by atoms with Crippen LogP contribution in [0.3, 0.4) is 0 Å².